The Hall–Kier alpha value is -3.12. The van der Waals surface area contributed by atoms with Crippen LogP contribution < -0.4 is 5.32 Å². The van der Waals surface area contributed by atoms with Crippen LogP contribution in [0.15, 0.2) is 82.5 Å². The fourth-order valence-electron chi connectivity index (χ4n) is 4.22. The maximum Gasteiger partial charge on any atom is 0.193 e. The minimum absolute atomic E-state index is 0.368. The first kappa shape index (κ1) is 21.1. The van der Waals surface area contributed by atoms with Crippen LogP contribution in [-0.2, 0) is 6.54 Å². The Labute approximate surface area is 184 Å². The summed E-state index contributed by atoms with van der Waals surface area (Å²) in [5.74, 6) is 1.35. The van der Waals surface area contributed by atoms with Crippen molar-refractivity contribution in [2.45, 2.75) is 18.9 Å². The van der Waals surface area contributed by atoms with Crippen LogP contribution in [0.25, 0.3) is 0 Å². The van der Waals surface area contributed by atoms with Gasteiger partial charge in [0.05, 0.1) is 5.69 Å². The zero-order valence-electron chi connectivity index (χ0n) is 18.2. The van der Waals surface area contributed by atoms with Crippen LogP contribution in [0.5, 0.6) is 0 Å². The predicted molar refractivity (Wildman–Crippen MR) is 124 cm³/mol. The molecule has 0 spiro atoms. The summed E-state index contributed by atoms with van der Waals surface area (Å²) < 4.78 is 4.94. The summed E-state index contributed by atoms with van der Waals surface area (Å²) in [5, 5.41) is 7.62. The van der Waals surface area contributed by atoms with Gasteiger partial charge in [0.25, 0.3) is 0 Å². The first-order valence-corrected chi connectivity index (χ1v) is 11.0. The van der Waals surface area contributed by atoms with Crippen LogP contribution in [0.2, 0.25) is 0 Å². The first-order chi connectivity index (χ1) is 15.3. The highest BCUT2D eigenvalue weighted by atomic mass is 16.5. The number of nitrogens with zero attached hydrogens (tertiary/aromatic N) is 4. The monoisotopic (exact) mass is 417 g/mol. The highest BCUT2D eigenvalue weighted by molar-refractivity contribution is 5.80. The van der Waals surface area contributed by atoms with Crippen molar-refractivity contribution in [1.82, 2.24) is 20.3 Å². The molecule has 3 aromatic rings. The number of aliphatic imine (C=N–C) groups is 1. The van der Waals surface area contributed by atoms with Gasteiger partial charge in [0.15, 0.2) is 5.96 Å². The third kappa shape index (κ3) is 5.73. The Morgan fingerprint density at radius 2 is 1.61 bits per heavy atom. The van der Waals surface area contributed by atoms with E-state index in [4.69, 9.17) is 4.52 Å². The molecule has 2 aromatic carbocycles. The molecule has 0 amide bonds. The number of rotatable bonds is 7. The van der Waals surface area contributed by atoms with Gasteiger partial charge < -0.3 is 14.7 Å². The average Bonchev–Trinajstić information content (AvgIpc) is 3.34. The highest BCUT2D eigenvalue weighted by Crippen LogP contribution is 2.27. The topological polar surface area (TPSA) is 56.9 Å². The second-order valence-electron chi connectivity index (χ2n) is 7.89. The second-order valence-corrected chi connectivity index (χ2v) is 7.89. The van der Waals surface area contributed by atoms with Crippen LogP contribution in [0, 0.1) is 0 Å². The van der Waals surface area contributed by atoms with Crippen molar-refractivity contribution < 1.29 is 4.52 Å². The molecular formula is C25H31N5O. The van der Waals surface area contributed by atoms with Crippen molar-refractivity contribution in [3.63, 3.8) is 0 Å². The van der Waals surface area contributed by atoms with Crippen molar-refractivity contribution in [2.24, 2.45) is 4.99 Å². The normalized spacial score (nSPS) is 15.4. The smallest absolute Gasteiger partial charge is 0.193 e. The summed E-state index contributed by atoms with van der Waals surface area (Å²) in [4.78, 5) is 9.29. The summed E-state index contributed by atoms with van der Waals surface area (Å²) in [6, 6.07) is 23.5. The van der Waals surface area contributed by atoms with Gasteiger partial charge in [0.1, 0.15) is 6.26 Å². The van der Waals surface area contributed by atoms with Gasteiger partial charge in [-0.15, -0.1) is 0 Å². The molecular weight excluding hydrogens is 386 g/mol. The predicted octanol–water partition coefficient (Wildman–Crippen LogP) is 3.59. The molecule has 1 saturated heterocycles. The van der Waals surface area contributed by atoms with Gasteiger partial charge in [-0.05, 0) is 17.5 Å². The largest absolute Gasteiger partial charge is 0.364 e. The molecule has 1 aliphatic rings. The SMILES string of the molecule is CN=C(NCCC(c1ccccc1)c1ccccc1)N1CCN(Cc2ccon2)CC1. The van der Waals surface area contributed by atoms with E-state index in [0.29, 0.717) is 5.92 Å². The molecule has 1 aromatic heterocycles. The van der Waals surface area contributed by atoms with E-state index in [2.05, 4.69) is 85.9 Å². The summed E-state index contributed by atoms with van der Waals surface area (Å²) >= 11 is 0. The molecule has 1 N–H and O–H groups in total. The Bertz CT molecular complexity index is 880. The van der Waals surface area contributed by atoms with Crippen LogP contribution >= 0.6 is 0 Å². The number of nitrogens with one attached hydrogen (secondary N) is 1. The van der Waals surface area contributed by atoms with Crippen molar-refractivity contribution in [2.75, 3.05) is 39.8 Å². The fourth-order valence-corrected chi connectivity index (χ4v) is 4.22. The number of benzene rings is 2. The Balaban J connectivity index is 1.31. The van der Waals surface area contributed by atoms with Crippen LogP contribution in [0.1, 0.15) is 29.2 Å². The van der Waals surface area contributed by atoms with Gasteiger partial charge in [-0.2, -0.15) is 0 Å². The molecule has 162 valence electrons. The first-order valence-electron chi connectivity index (χ1n) is 11.0. The number of guanidine groups is 1. The minimum atomic E-state index is 0.368. The Morgan fingerprint density at radius 1 is 0.968 bits per heavy atom. The van der Waals surface area contributed by atoms with Gasteiger partial charge in [0.2, 0.25) is 0 Å². The van der Waals surface area contributed by atoms with Crippen molar-refractivity contribution in [1.29, 1.82) is 0 Å². The third-order valence-electron chi connectivity index (χ3n) is 5.88. The van der Waals surface area contributed by atoms with E-state index in [1.54, 1.807) is 6.26 Å². The molecule has 0 bridgehead atoms. The van der Waals surface area contributed by atoms with E-state index in [1.807, 2.05) is 13.1 Å². The molecule has 0 saturated carbocycles. The molecule has 31 heavy (non-hydrogen) atoms. The molecule has 6 heteroatoms. The number of aromatic nitrogens is 1. The second kappa shape index (κ2) is 10.8. The van der Waals surface area contributed by atoms with E-state index in [0.717, 1.165) is 57.3 Å². The van der Waals surface area contributed by atoms with Crippen LogP contribution in [0.3, 0.4) is 0 Å². The van der Waals surface area contributed by atoms with E-state index in [1.165, 1.54) is 11.1 Å². The quantitative estimate of drug-likeness (QED) is 0.470. The summed E-state index contributed by atoms with van der Waals surface area (Å²) in [6.45, 7) is 5.61. The summed E-state index contributed by atoms with van der Waals surface area (Å²) in [7, 11) is 1.87. The zero-order valence-corrected chi connectivity index (χ0v) is 18.2. The lowest BCUT2D eigenvalue weighted by atomic mass is 9.88. The molecule has 2 heterocycles. The van der Waals surface area contributed by atoms with Gasteiger partial charge in [-0.1, -0.05) is 65.8 Å². The van der Waals surface area contributed by atoms with Crippen molar-refractivity contribution >= 4 is 5.96 Å². The van der Waals surface area contributed by atoms with E-state index in [9.17, 15) is 0 Å². The summed E-state index contributed by atoms with van der Waals surface area (Å²) in [6.07, 6.45) is 2.65. The standard InChI is InChI=1S/C25H31N5O/c1-26-25(30-17-15-29(16-18-30)20-23-13-19-31-28-23)27-14-12-24(21-8-4-2-5-9-21)22-10-6-3-7-11-22/h2-11,13,19,24H,12,14-18,20H2,1H3,(H,26,27). The van der Waals surface area contributed by atoms with Gasteiger partial charge in [-0.25, -0.2) is 0 Å². The lowest BCUT2D eigenvalue weighted by Crippen LogP contribution is -2.52. The molecule has 0 radical (unpaired) electrons. The zero-order chi connectivity index (χ0) is 21.3. The van der Waals surface area contributed by atoms with Gasteiger partial charge in [0, 0.05) is 58.3 Å². The molecule has 1 fully saturated rings. The Morgan fingerprint density at radius 3 is 2.16 bits per heavy atom. The molecule has 0 atom stereocenters. The highest BCUT2D eigenvalue weighted by Gasteiger charge is 2.21. The lowest BCUT2D eigenvalue weighted by Gasteiger charge is -2.36. The number of hydrogen-bond acceptors (Lipinski definition) is 4. The Kier molecular flexibility index (Phi) is 7.34. The number of hydrogen-bond donors (Lipinski definition) is 1. The molecule has 4 rings (SSSR count). The van der Waals surface area contributed by atoms with Gasteiger partial charge >= 0.3 is 0 Å². The van der Waals surface area contributed by atoms with E-state index < -0.39 is 0 Å². The minimum Gasteiger partial charge on any atom is -0.364 e. The molecule has 1 aliphatic heterocycles. The maximum absolute atomic E-state index is 4.94. The maximum atomic E-state index is 4.94. The average molecular weight is 418 g/mol. The van der Waals surface area contributed by atoms with E-state index >= 15 is 0 Å². The fraction of sp³-hybridized carbons (Fsp3) is 0.360. The van der Waals surface area contributed by atoms with Crippen molar-refractivity contribution in [3.8, 4) is 0 Å². The van der Waals surface area contributed by atoms with Crippen LogP contribution in [-0.4, -0.2) is 60.7 Å². The van der Waals surface area contributed by atoms with Crippen LogP contribution in [0.4, 0.5) is 0 Å². The van der Waals surface area contributed by atoms with Gasteiger partial charge in [-0.3, -0.25) is 9.89 Å². The third-order valence-corrected chi connectivity index (χ3v) is 5.88. The molecule has 0 aliphatic carbocycles. The van der Waals surface area contributed by atoms with E-state index in [-0.39, 0.29) is 0 Å². The van der Waals surface area contributed by atoms with Crippen molar-refractivity contribution in [3.05, 3.63) is 89.8 Å². The molecule has 6 nitrogen and oxygen atoms in total. The molecule has 0 unspecified atom stereocenters. The lowest BCUT2D eigenvalue weighted by molar-refractivity contribution is 0.169. The number of piperazine rings is 1. The summed E-state index contributed by atoms with van der Waals surface area (Å²) in [5.41, 5.74) is 3.70.